The highest BCUT2D eigenvalue weighted by atomic mass is 16.7. The summed E-state index contributed by atoms with van der Waals surface area (Å²) >= 11 is 0. The molecule has 0 aromatic rings. The molecule has 0 aromatic heterocycles. The van der Waals surface area contributed by atoms with Gasteiger partial charge in [0.05, 0.1) is 11.7 Å². The van der Waals surface area contributed by atoms with Crippen LogP contribution in [0.15, 0.2) is 11.6 Å². The molecule has 6 rings (SSSR count). The van der Waals surface area contributed by atoms with Crippen molar-refractivity contribution in [2.45, 2.75) is 124 Å². The van der Waals surface area contributed by atoms with Crippen LogP contribution < -0.4 is 0 Å². The maximum absolute atomic E-state index is 12.8. The van der Waals surface area contributed by atoms with Crippen molar-refractivity contribution >= 4 is 5.78 Å². The van der Waals surface area contributed by atoms with Gasteiger partial charge in [0.25, 0.3) is 0 Å². The second-order valence-corrected chi connectivity index (χ2v) is 14.7. The highest BCUT2D eigenvalue weighted by molar-refractivity contribution is 5.85. The van der Waals surface area contributed by atoms with E-state index < -0.39 is 0 Å². The summed E-state index contributed by atoms with van der Waals surface area (Å²) in [6.45, 7) is 19.1. The summed E-state index contributed by atoms with van der Waals surface area (Å²) in [5, 5.41) is 0. The van der Waals surface area contributed by atoms with Gasteiger partial charge in [0.2, 0.25) is 0 Å². The second kappa shape index (κ2) is 6.55. The van der Waals surface area contributed by atoms with Gasteiger partial charge in [0, 0.05) is 11.8 Å². The molecule has 0 bridgehead atoms. The molecule has 0 N–H and O–H groups in total. The number of hydrogen-bond donors (Lipinski definition) is 0. The third-order valence-corrected chi connectivity index (χ3v) is 12.7. The fourth-order valence-corrected chi connectivity index (χ4v) is 10.2. The van der Waals surface area contributed by atoms with Crippen LogP contribution in [0.1, 0.15) is 100 Å². The molecule has 3 heteroatoms. The number of allylic oxidation sites excluding steroid dienone is 2. The number of epoxide rings is 2. The Labute approximate surface area is 201 Å². The Morgan fingerprint density at radius 1 is 1.00 bits per heavy atom. The van der Waals surface area contributed by atoms with E-state index in [0.717, 1.165) is 25.2 Å². The number of Topliss-reactive ketones (excluding diaryl/α,β-unsaturated/α-hetero) is 1. The van der Waals surface area contributed by atoms with E-state index in [1.54, 1.807) is 5.57 Å². The molecular weight excluding hydrogens is 408 g/mol. The fraction of sp³-hybridized carbons (Fsp3) is 0.900. The Bertz CT molecular complexity index is 916. The first-order valence-corrected chi connectivity index (χ1v) is 13.8. The Morgan fingerprint density at radius 3 is 2.36 bits per heavy atom. The number of carbonyl (C=O) groups excluding carboxylic acids is 1. The number of ketones is 1. The van der Waals surface area contributed by atoms with Gasteiger partial charge in [-0.25, -0.2) is 0 Å². The van der Waals surface area contributed by atoms with Crippen LogP contribution in [0.3, 0.4) is 0 Å². The van der Waals surface area contributed by atoms with Crippen molar-refractivity contribution in [2.24, 2.45) is 45.3 Å². The molecule has 10 atom stereocenters. The first-order valence-electron chi connectivity index (χ1n) is 13.8. The Morgan fingerprint density at radius 2 is 1.70 bits per heavy atom. The monoisotopic (exact) mass is 454 g/mol. The maximum Gasteiger partial charge on any atom is 0.138 e. The average molecular weight is 455 g/mol. The van der Waals surface area contributed by atoms with E-state index in [2.05, 4.69) is 61.5 Å². The summed E-state index contributed by atoms with van der Waals surface area (Å²) in [5.41, 5.74) is 2.51. The molecule has 184 valence electrons. The van der Waals surface area contributed by atoms with E-state index in [4.69, 9.17) is 9.47 Å². The third-order valence-electron chi connectivity index (χ3n) is 12.7. The van der Waals surface area contributed by atoms with Crippen molar-refractivity contribution in [1.29, 1.82) is 0 Å². The summed E-state index contributed by atoms with van der Waals surface area (Å²) < 4.78 is 12.2. The number of rotatable bonds is 3. The molecule has 33 heavy (non-hydrogen) atoms. The molecular formula is C30H46O3. The molecule has 4 aliphatic carbocycles. The van der Waals surface area contributed by atoms with Crippen LogP contribution >= 0.6 is 0 Å². The largest absolute Gasteiger partial charge is 0.366 e. The van der Waals surface area contributed by atoms with E-state index in [9.17, 15) is 4.79 Å². The number of carbonyl (C=O) groups is 1. The van der Waals surface area contributed by atoms with Gasteiger partial charge in [-0.3, -0.25) is 4.79 Å². The van der Waals surface area contributed by atoms with Crippen molar-refractivity contribution in [2.75, 3.05) is 0 Å². The van der Waals surface area contributed by atoms with Crippen molar-refractivity contribution in [3.05, 3.63) is 11.6 Å². The quantitative estimate of drug-likeness (QED) is 0.350. The molecule has 0 unspecified atom stereocenters. The molecule has 3 nitrogen and oxygen atoms in total. The van der Waals surface area contributed by atoms with E-state index >= 15 is 0 Å². The zero-order chi connectivity index (χ0) is 23.8. The van der Waals surface area contributed by atoms with Crippen LogP contribution in [0.5, 0.6) is 0 Å². The highest BCUT2D eigenvalue weighted by Gasteiger charge is 2.69. The Kier molecular flexibility index (Phi) is 4.52. The lowest BCUT2D eigenvalue weighted by Crippen LogP contribution is -2.57. The van der Waals surface area contributed by atoms with E-state index in [1.165, 1.54) is 25.7 Å². The first kappa shape index (κ1) is 22.8. The van der Waals surface area contributed by atoms with Crippen LogP contribution in [0, 0.1) is 45.3 Å². The predicted octanol–water partition coefficient (Wildman–Crippen LogP) is 6.74. The van der Waals surface area contributed by atoms with Crippen LogP contribution in [-0.2, 0) is 14.3 Å². The number of fused-ring (bicyclic) bond motifs is 5. The van der Waals surface area contributed by atoms with Crippen LogP contribution in [0.25, 0.3) is 0 Å². The minimum atomic E-state index is -0.180. The summed E-state index contributed by atoms with van der Waals surface area (Å²) in [4.78, 5) is 12.8. The topological polar surface area (TPSA) is 42.1 Å². The summed E-state index contributed by atoms with van der Waals surface area (Å²) in [7, 11) is 0. The highest BCUT2D eigenvalue weighted by Crippen LogP contribution is 2.73. The van der Waals surface area contributed by atoms with Gasteiger partial charge in [0.15, 0.2) is 0 Å². The maximum atomic E-state index is 12.8. The van der Waals surface area contributed by atoms with E-state index in [0.29, 0.717) is 47.3 Å². The molecule has 0 spiro atoms. The van der Waals surface area contributed by atoms with Gasteiger partial charge < -0.3 is 9.47 Å². The number of hydrogen-bond acceptors (Lipinski definition) is 3. The minimum absolute atomic E-state index is 0.0132. The molecule has 2 saturated heterocycles. The summed E-state index contributed by atoms with van der Waals surface area (Å²) in [5.74, 6) is 2.95. The molecule has 6 aliphatic rings. The minimum Gasteiger partial charge on any atom is -0.366 e. The zero-order valence-corrected chi connectivity index (χ0v) is 22.3. The van der Waals surface area contributed by atoms with Gasteiger partial charge in [-0.2, -0.15) is 0 Å². The van der Waals surface area contributed by atoms with Gasteiger partial charge in [-0.05, 0) is 92.3 Å². The van der Waals surface area contributed by atoms with Crippen molar-refractivity contribution in [3.63, 3.8) is 0 Å². The average Bonchev–Trinajstić information content (AvgIpc) is 3.62. The first-order chi connectivity index (χ1) is 15.3. The normalized spacial score (nSPS) is 54.5. The van der Waals surface area contributed by atoms with Crippen LogP contribution in [0.4, 0.5) is 0 Å². The number of ether oxygens (including phenoxy) is 2. The van der Waals surface area contributed by atoms with Gasteiger partial charge in [0.1, 0.15) is 18.0 Å². The molecule has 0 amide bonds. The Balaban J connectivity index is 1.28. The SMILES string of the molecule is C[C@@H]([C@@H]1O[C@@H]1[C@@H]1OC1(C)C)[C@@H]1CC[C@]2(C)C3=CC[C@H]4C(C)(C)C(=O)CC[C@]4(C)[C@H]3CC[C@@]12C. The fourth-order valence-electron chi connectivity index (χ4n) is 10.2. The van der Waals surface area contributed by atoms with E-state index in [-0.39, 0.29) is 21.8 Å². The third kappa shape index (κ3) is 2.79. The molecule has 0 aromatic carbocycles. The van der Waals surface area contributed by atoms with Crippen molar-refractivity contribution in [3.8, 4) is 0 Å². The smallest absolute Gasteiger partial charge is 0.138 e. The Hall–Kier alpha value is -0.670. The van der Waals surface area contributed by atoms with Gasteiger partial charge in [-0.15, -0.1) is 0 Å². The lowest BCUT2D eigenvalue weighted by molar-refractivity contribution is -0.146. The molecule has 2 aliphatic heterocycles. The molecule has 3 saturated carbocycles. The summed E-state index contributed by atoms with van der Waals surface area (Å²) in [6.07, 6.45) is 11.8. The molecule has 5 fully saturated rings. The summed E-state index contributed by atoms with van der Waals surface area (Å²) in [6, 6.07) is 0. The lowest BCUT2D eigenvalue weighted by atomic mass is 9.41. The van der Waals surface area contributed by atoms with Crippen molar-refractivity contribution in [1.82, 2.24) is 0 Å². The van der Waals surface area contributed by atoms with E-state index in [1.807, 2.05) is 0 Å². The van der Waals surface area contributed by atoms with Crippen LogP contribution in [0.2, 0.25) is 0 Å². The van der Waals surface area contributed by atoms with Gasteiger partial charge >= 0.3 is 0 Å². The van der Waals surface area contributed by atoms with Crippen molar-refractivity contribution < 1.29 is 14.3 Å². The lowest BCUT2D eigenvalue weighted by Gasteiger charge is -2.63. The molecule has 2 heterocycles. The van der Waals surface area contributed by atoms with Crippen LogP contribution in [-0.4, -0.2) is 29.7 Å². The second-order valence-electron chi connectivity index (χ2n) is 14.7. The standard InChI is InChI=1S/C30H46O3/c1-17(23-24(32-23)25-27(4,5)33-25)18-11-15-30(8)20-9-10-21-26(2,3)22(31)13-14-28(21,6)19(20)12-16-29(18,30)7/h9,17-19,21,23-25H,10-16H2,1-8H3/t17-,18+,19+,21+,23+,24+,25+,28-,29+,30-/m1/s1. The predicted molar refractivity (Wildman–Crippen MR) is 131 cm³/mol. The molecule has 0 radical (unpaired) electrons. The van der Waals surface area contributed by atoms with Gasteiger partial charge in [-0.1, -0.05) is 53.2 Å². The zero-order valence-electron chi connectivity index (χ0n) is 22.3.